The number of aliphatic hydroxyl groups is 1. The van der Waals surface area contributed by atoms with E-state index in [1.165, 1.54) is 16.2 Å². The van der Waals surface area contributed by atoms with E-state index >= 15 is 0 Å². The predicted octanol–water partition coefficient (Wildman–Crippen LogP) is 7.18. The predicted molar refractivity (Wildman–Crippen MR) is 159 cm³/mol. The quantitative estimate of drug-likeness (QED) is 0.107. The summed E-state index contributed by atoms with van der Waals surface area (Å²) >= 11 is 1.35. The number of nitrogens with zero attached hydrogens (tertiary/aromatic N) is 3. The third-order valence-electron chi connectivity index (χ3n) is 7.04. The van der Waals surface area contributed by atoms with Crippen molar-refractivity contribution in [3.8, 4) is 5.75 Å². The lowest BCUT2D eigenvalue weighted by molar-refractivity contribution is -0.132. The molecular formula is C32H33N3O4S. The van der Waals surface area contributed by atoms with E-state index in [9.17, 15) is 14.7 Å². The largest absolute Gasteiger partial charge is 0.507 e. The van der Waals surface area contributed by atoms with E-state index < -0.39 is 17.7 Å². The Kier molecular flexibility index (Phi) is 7.72. The van der Waals surface area contributed by atoms with E-state index in [1.807, 2.05) is 12.1 Å². The van der Waals surface area contributed by atoms with Gasteiger partial charge in [-0.1, -0.05) is 64.0 Å². The first-order valence-corrected chi connectivity index (χ1v) is 14.4. The molecule has 5 rings (SSSR count). The third-order valence-corrected chi connectivity index (χ3v) is 8.06. The Morgan fingerprint density at radius 3 is 2.52 bits per heavy atom. The van der Waals surface area contributed by atoms with Crippen molar-refractivity contribution in [2.75, 3.05) is 11.5 Å². The minimum Gasteiger partial charge on any atom is -0.507 e. The highest BCUT2D eigenvalue weighted by Gasteiger charge is 2.48. The molecule has 1 unspecified atom stereocenters. The van der Waals surface area contributed by atoms with E-state index in [4.69, 9.17) is 9.72 Å². The van der Waals surface area contributed by atoms with Gasteiger partial charge in [-0.2, -0.15) is 0 Å². The maximum Gasteiger partial charge on any atom is 0.301 e. The van der Waals surface area contributed by atoms with Crippen LogP contribution >= 0.6 is 11.3 Å². The fourth-order valence-electron chi connectivity index (χ4n) is 4.77. The lowest BCUT2D eigenvalue weighted by Gasteiger charge is -2.22. The number of fused-ring (bicyclic) bond motifs is 1. The zero-order valence-corrected chi connectivity index (χ0v) is 24.0. The number of ether oxygens (including phenoxy) is 1. The Labute approximate surface area is 238 Å². The molecule has 0 spiro atoms. The van der Waals surface area contributed by atoms with Gasteiger partial charge in [0.25, 0.3) is 5.78 Å². The highest BCUT2D eigenvalue weighted by Crippen LogP contribution is 2.44. The molecule has 0 saturated carbocycles. The standard InChI is InChI=1S/C32H33N3O4S/c1-5-6-7-17-39-23-13-10-20(11-14-23)28(36)26-27(21-9-8-16-33-19-21)35(30(38)29(26)37)31-34-24-15-12-22(32(2,3)4)18-25(24)40-31/h8-16,18-19,27,36H,5-7,17H2,1-4H3/b28-26+. The van der Waals surface area contributed by atoms with Crippen molar-refractivity contribution < 1.29 is 19.4 Å². The Morgan fingerprint density at radius 2 is 1.85 bits per heavy atom. The maximum absolute atomic E-state index is 13.5. The third kappa shape index (κ3) is 5.36. The summed E-state index contributed by atoms with van der Waals surface area (Å²) in [5, 5.41) is 11.8. The Balaban J connectivity index is 1.56. The summed E-state index contributed by atoms with van der Waals surface area (Å²) in [6, 6.07) is 15.6. The summed E-state index contributed by atoms with van der Waals surface area (Å²) in [7, 11) is 0. The Bertz CT molecular complexity index is 1570. The van der Waals surface area contributed by atoms with Gasteiger partial charge in [-0.25, -0.2) is 4.98 Å². The van der Waals surface area contributed by atoms with Crippen LogP contribution < -0.4 is 9.64 Å². The molecule has 1 aliphatic heterocycles. The van der Waals surface area contributed by atoms with E-state index in [0.29, 0.717) is 28.6 Å². The molecule has 1 atom stereocenters. The van der Waals surface area contributed by atoms with Crippen LogP contribution in [-0.2, 0) is 15.0 Å². The van der Waals surface area contributed by atoms with Crippen LogP contribution in [0, 0.1) is 0 Å². The summed E-state index contributed by atoms with van der Waals surface area (Å²) in [6.45, 7) is 9.18. The van der Waals surface area contributed by atoms with Gasteiger partial charge in [0.05, 0.1) is 28.4 Å². The number of hydrogen-bond acceptors (Lipinski definition) is 7. The first-order valence-electron chi connectivity index (χ1n) is 13.5. The number of carbonyl (C=O) groups is 2. The normalized spacial score (nSPS) is 17.1. The Morgan fingerprint density at radius 1 is 1.07 bits per heavy atom. The van der Waals surface area contributed by atoms with Gasteiger partial charge in [0.15, 0.2) is 5.13 Å². The monoisotopic (exact) mass is 555 g/mol. The highest BCUT2D eigenvalue weighted by atomic mass is 32.1. The van der Waals surface area contributed by atoms with Gasteiger partial charge in [-0.05, 0) is 65.4 Å². The average Bonchev–Trinajstić information content (AvgIpc) is 3.48. The van der Waals surface area contributed by atoms with E-state index in [1.54, 1.807) is 48.8 Å². The van der Waals surface area contributed by atoms with E-state index in [-0.39, 0.29) is 16.7 Å². The molecular weight excluding hydrogens is 522 g/mol. The fourth-order valence-corrected chi connectivity index (χ4v) is 5.80. The number of benzene rings is 2. The van der Waals surface area contributed by atoms with Crippen LogP contribution in [0.25, 0.3) is 16.0 Å². The van der Waals surface area contributed by atoms with Crippen molar-refractivity contribution in [1.29, 1.82) is 0 Å². The molecule has 1 fully saturated rings. The van der Waals surface area contributed by atoms with Gasteiger partial charge in [0.2, 0.25) is 0 Å². The second-order valence-corrected chi connectivity index (χ2v) is 12.0. The number of pyridine rings is 1. The first-order chi connectivity index (χ1) is 19.2. The Hall–Kier alpha value is -4.04. The molecule has 1 aliphatic rings. The van der Waals surface area contributed by atoms with Crippen molar-refractivity contribution in [3.05, 3.63) is 89.3 Å². The zero-order chi connectivity index (χ0) is 28.4. The molecule has 0 radical (unpaired) electrons. The number of thiazole rings is 1. The van der Waals surface area contributed by atoms with Gasteiger partial charge < -0.3 is 9.84 Å². The van der Waals surface area contributed by atoms with Crippen molar-refractivity contribution in [2.24, 2.45) is 0 Å². The second kappa shape index (κ2) is 11.2. The average molecular weight is 556 g/mol. The van der Waals surface area contributed by atoms with Crippen LogP contribution in [0.15, 0.2) is 72.6 Å². The number of aliphatic hydroxyl groups excluding tert-OH is 1. The molecule has 3 heterocycles. The fraction of sp³-hybridized carbons (Fsp3) is 0.312. The molecule has 2 aromatic carbocycles. The van der Waals surface area contributed by atoms with Crippen LogP contribution in [0.1, 0.15) is 69.7 Å². The van der Waals surface area contributed by atoms with E-state index in [0.717, 1.165) is 35.0 Å². The van der Waals surface area contributed by atoms with Crippen LogP contribution in [0.5, 0.6) is 5.75 Å². The van der Waals surface area contributed by atoms with Crippen molar-refractivity contribution in [1.82, 2.24) is 9.97 Å². The van der Waals surface area contributed by atoms with Crippen molar-refractivity contribution >= 4 is 44.1 Å². The van der Waals surface area contributed by atoms with Gasteiger partial charge in [-0.15, -0.1) is 0 Å². The molecule has 40 heavy (non-hydrogen) atoms. The number of rotatable bonds is 8. The number of Topliss-reactive ketones (excluding diaryl/α,β-unsaturated/α-hetero) is 1. The summed E-state index contributed by atoms with van der Waals surface area (Å²) in [4.78, 5) is 37.3. The topological polar surface area (TPSA) is 92.6 Å². The number of carbonyl (C=O) groups excluding carboxylic acids is 2. The van der Waals surface area contributed by atoms with E-state index in [2.05, 4.69) is 38.7 Å². The molecule has 7 nitrogen and oxygen atoms in total. The first kappa shape index (κ1) is 27.5. The number of anilines is 1. The SMILES string of the molecule is CCCCCOc1ccc(/C(O)=C2\C(=O)C(=O)N(c3nc4ccc(C(C)(C)C)cc4s3)C2c2cccnc2)cc1. The van der Waals surface area contributed by atoms with Crippen LogP contribution in [0.2, 0.25) is 0 Å². The van der Waals surface area contributed by atoms with Gasteiger partial charge in [0.1, 0.15) is 11.5 Å². The van der Waals surface area contributed by atoms with Crippen LogP contribution in [0.3, 0.4) is 0 Å². The number of hydrogen-bond donors (Lipinski definition) is 1. The minimum absolute atomic E-state index is 0.00394. The molecule has 0 aliphatic carbocycles. The van der Waals surface area contributed by atoms with Crippen LogP contribution in [-0.4, -0.2) is 33.4 Å². The van der Waals surface area contributed by atoms with Gasteiger partial charge >= 0.3 is 5.91 Å². The van der Waals surface area contributed by atoms with Crippen molar-refractivity contribution in [2.45, 2.75) is 58.4 Å². The number of amides is 1. The zero-order valence-electron chi connectivity index (χ0n) is 23.2. The summed E-state index contributed by atoms with van der Waals surface area (Å²) in [6.07, 6.45) is 6.41. The lowest BCUT2D eigenvalue weighted by Crippen LogP contribution is -2.29. The molecule has 4 aromatic rings. The van der Waals surface area contributed by atoms with Crippen LogP contribution in [0.4, 0.5) is 5.13 Å². The maximum atomic E-state index is 13.5. The molecule has 1 amide bonds. The molecule has 1 N–H and O–H groups in total. The lowest BCUT2D eigenvalue weighted by atomic mass is 9.87. The smallest absolute Gasteiger partial charge is 0.301 e. The highest BCUT2D eigenvalue weighted by molar-refractivity contribution is 7.22. The number of aromatic nitrogens is 2. The molecule has 206 valence electrons. The molecule has 1 saturated heterocycles. The molecule has 8 heteroatoms. The summed E-state index contributed by atoms with van der Waals surface area (Å²) in [5.74, 6) is -1.06. The molecule has 0 bridgehead atoms. The number of unbranched alkanes of at least 4 members (excludes halogenated alkanes) is 2. The van der Waals surface area contributed by atoms with Gasteiger partial charge in [0, 0.05) is 18.0 Å². The summed E-state index contributed by atoms with van der Waals surface area (Å²) in [5.41, 5.74) is 2.88. The van der Waals surface area contributed by atoms with Crippen molar-refractivity contribution in [3.63, 3.8) is 0 Å². The minimum atomic E-state index is -0.874. The second-order valence-electron chi connectivity index (χ2n) is 11.0. The summed E-state index contributed by atoms with van der Waals surface area (Å²) < 4.78 is 6.71. The molecule has 2 aromatic heterocycles. The van der Waals surface area contributed by atoms with Gasteiger partial charge in [-0.3, -0.25) is 19.5 Å². The number of ketones is 1.